The number of hydrogen-bond donors (Lipinski definition) is 0. The first-order valence-electron chi connectivity index (χ1n) is 8.98. The maximum atomic E-state index is 12.2. The van der Waals surface area contributed by atoms with Crippen molar-refractivity contribution in [1.82, 2.24) is 0 Å². The summed E-state index contributed by atoms with van der Waals surface area (Å²) < 4.78 is 12.6. The monoisotopic (exact) mass is 447 g/mol. The molecule has 140 valence electrons. The highest BCUT2D eigenvalue weighted by Gasteiger charge is 2.25. The first-order valence-corrected chi connectivity index (χ1v) is 10.2. The van der Waals surface area contributed by atoms with Crippen molar-refractivity contribution < 1.29 is 9.15 Å². The third kappa shape index (κ3) is 3.58. The molecular weight excluding hydrogens is 430 g/mol. The van der Waals surface area contributed by atoms with Crippen LogP contribution in [0.5, 0.6) is 5.75 Å². The summed E-state index contributed by atoms with van der Waals surface area (Å²) in [5.41, 5.74) is 3.06. The summed E-state index contributed by atoms with van der Waals surface area (Å²) in [6.45, 7) is 3.07. The smallest absolute Gasteiger partial charge is 0.336 e. The van der Waals surface area contributed by atoms with Gasteiger partial charge in [0.1, 0.15) is 11.3 Å². The van der Waals surface area contributed by atoms with Crippen molar-refractivity contribution >= 4 is 44.2 Å². The fourth-order valence-electron chi connectivity index (χ4n) is 3.46. The number of hydrogen-bond acceptors (Lipinski definition) is 4. The van der Waals surface area contributed by atoms with Crippen LogP contribution in [0.25, 0.3) is 11.0 Å². The van der Waals surface area contributed by atoms with E-state index in [2.05, 4.69) is 27.8 Å². The molecule has 27 heavy (non-hydrogen) atoms. The first-order chi connectivity index (χ1) is 13.1. The second-order valence-corrected chi connectivity index (χ2v) is 8.01. The van der Waals surface area contributed by atoms with Gasteiger partial charge in [-0.2, -0.15) is 0 Å². The van der Waals surface area contributed by atoms with Crippen LogP contribution >= 0.6 is 27.5 Å². The van der Waals surface area contributed by atoms with Gasteiger partial charge in [0.05, 0.1) is 17.1 Å². The van der Waals surface area contributed by atoms with Gasteiger partial charge in [0.2, 0.25) is 0 Å². The van der Waals surface area contributed by atoms with E-state index in [1.807, 2.05) is 30.3 Å². The zero-order valence-corrected chi connectivity index (χ0v) is 17.3. The van der Waals surface area contributed by atoms with Gasteiger partial charge in [0.15, 0.2) is 6.73 Å². The van der Waals surface area contributed by atoms with E-state index in [-0.39, 0.29) is 5.63 Å². The Labute approximate surface area is 170 Å². The van der Waals surface area contributed by atoms with E-state index in [1.54, 1.807) is 6.07 Å². The zero-order valence-electron chi connectivity index (χ0n) is 14.9. The summed E-state index contributed by atoms with van der Waals surface area (Å²) in [6.07, 6.45) is 2.89. The van der Waals surface area contributed by atoms with Gasteiger partial charge in [-0.25, -0.2) is 4.79 Å². The molecule has 0 saturated carbocycles. The second kappa shape index (κ2) is 7.56. The summed E-state index contributed by atoms with van der Waals surface area (Å²) in [5.74, 6) is 0.603. The maximum Gasteiger partial charge on any atom is 0.336 e. The van der Waals surface area contributed by atoms with Crippen LogP contribution < -0.4 is 15.3 Å². The largest absolute Gasteiger partial charge is 0.471 e. The van der Waals surface area contributed by atoms with E-state index in [0.29, 0.717) is 29.6 Å². The molecule has 4 rings (SSSR count). The predicted molar refractivity (Wildman–Crippen MR) is 112 cm³/mol. The van der Waals surface area contributed by atoms with Crippen LogP contribution in [0.1, 0.15) is 30.9 Å². The molecule has 6 heteroatoms. The average Bonchev–Trinajstić information content (AvgIpc) is 2.66. The minimum absolute atomic E-state index is 0.335. The molecule has 1 aromatic heterocycles. The number of aryl methyl sites for hydroxylation is 1. The lowest BCUT2D eigenvalue weighted by Crippen LogP contribution is -2.32. The van der Waals surface area contributed by atoms with Crippen LogP contribution in [-0.2, 0) is 13.0 Å². The van der Waals surface area contributed by atoms with E-state index in [4.69, 9.17) is 20.8 Å². The van der Waals surface area contributed by atoms with Crippen LogP contribution in [0.15, 0.2) is 50.1 Å². The zero-order chi connectivity index (χ0) is 19.0. The molecule has 0 bridgehead atoms. The predicted octanol–water partition coefficient (Wildman–Crippen LogP) is 5.91. The third-order valence-corrected chi connectivity index (χ3v) is 5.58. The topological polar surface area (TPSA) is 42.7 Å². The minimum Gasteiger partial charge on any atom is -0.471 e. The summed E-state index contributed by atoms with van der Waals surface area (Å²) in [7, 11) is 0. The molecule has 2 aromatic carbocycles. The number of benzene rings is 2. The van der Waals surface area contributed by atoms with Gasteiger partial charge >= 0.3 is 5.63 Å². The van der Waals surface area contributed by atoms with Crippen molar-refractivity contribution in [3.8, 4) is 5.75 Å². The van der Waals surface area contributed by atoms with Crippen LogP contribution in [-0.4, -0.2) is 6.73 Å². The van der Waals surface area contributed by atoms with Gasteiger partial charge in [-0.05, 0) is 42.7 Å². The minimum atomic E-state index is -0.335. The second-order valence-electron chi connectivity index (χ2n) is 6.69. The van der Waals surface area contributed by atoms with E-state index in [0.717, 1.165) is 45.9 Å². The van der Waals surface area contributed by atoms with Gasteiger partial charge in [0.25, 0.3) is 0 Å². The van der Waals surface area contributed by atoms with Gasteiger partial charge < -0.3 is 14.1 Å². The molecule has 0 unspecified atom stereocenters. The Morgan fingerprint density at radius 1 is 1.26 bits per heavy atom. The van der Waals surface area contributed by atoms with Crippen LogP contribution in [0.4, 0.5) is 5.69 Å². The molecule has 0 amide bonds. The Balaban J connectivity index is 1.84. The molecule has 0 atom stereocenters. The molecule has 0 spiro atoms. The highest BCUT2D eigenvalue weighted by Crippen LogP contribution is 2.40. The molecular formula is C21H19BrClNO3. The third-order valence-electron chi connectivity index (χ3n) is 4.81. The molecule has 3 aromatic rings. The van der Waals surface area contributed by atoms with Crippen molar-refractivity contribution in [2.45, 2.75) is 32.7 Å². The number of rotatable bonds is 4. The van der Waals surface area contributed by atoms with Crippen LogP contribution in [0.3, 0.4) is 0 Å². The van der Waals surface area contributed by atoms with E-state index in [9.17, 15) is 4.79 Å². The Hall–Kier alpha value is -1.98. The van der Waals surface area contributed by atoms with Gasteiger partial charge in [-0.15, -0.1) is 0 Å². The normalized spacial score (nSPS) is 13.5. The van der Waals surface area contributed by atoms with Crippen molar-refractivity contribution in [3.63, 3.8) is 0 Å². The number of fused-ring (bicyclic) bond motifs is 3. The Morgan fingerprint density at radius 2 is 2.11 bits per heavy atom. The average molecular weight is 449 g/mol. The number of ether oxygens (including phenoxy) is 1. The molecule has 2 heterocycles. The summed E-state index contributed by atoms with van der Waals surface area (Å²) >= 11 is 10.0. The highest BCUT2D eigenvalue weighted by atomic mass is 79.9. The van der Waals surface area contributed by atoms with Crippen molar-refractivity contribution in [3.05, 3.63) is 67.4 Å². The van der Waals surface area contributed by atoms with Crippen molar-refractivity contribution in [1.29, 1.82) is 0 Å². The van der Waals surface area contributed by atoms with E-state index in [1.165, 1.54) is 0 Å². The Kier molecular flexibility index (Phi) is 5.15. The van der Waals surface area contributed by atoms with Gasteiger partial charge in [0, 0.05) is 21.6 Å². The Bertz CT molecular complexity index is 1060. The maximum absolute atomic E-state index is 12.2. The van der Waals surface area contributed by atoms with Gasteiger partial charge in [-0.3, -0.25) is 0 Å². The highest BCUT2D eigenvalue weighted by molar-refractivity contribution is 9.10. The molecule has 0 saturated heterocycles. The molecule has 0 aliphatic carbocycles. The summed E-state index contributed by atoms with van der Waals surface area (Å²) in [5, 5.41) is 1.45. The van der Waals surface area contributed by atoms with E-state index < -0.39 is 0 Å². The first kappa shape index (κ1) is 18.4. The molecule has 0 fully saturated rings. The molecule has 1 aliphatic heterocycles. The number of anilines is 1. The fraction of sp³-hybridized carbons (Fsp3) is 0.286. The van der Waals surface area contributed by atoms with Gasteiger partial charge in [-0.1, -0.05) is 46.9 Å². The number of halogens is 2. The summed E-state index contributed by atoms with van der Waals surface area (Å²) in [4.78, 5) is 14.3. The standard InChI is InChI=1S/C21H19BrClNO3/c1-2-3-5-13-8-19(25)27-20-16(13)10-18(23)21-17(20)11-24(12-26-21)15-7-4-6-14(22)9-15/h4,6-10H,2-3,5,11-12H2,1H3. The molecule has 4 nitrogen and oxygen atoms in total. The van der Waals surface area contributed by atoms with Crippen LogP contribution in [0, 0.1) is 0 Å². The van der Waals surface area contributed by atoms with Crippen molar-refractivity contribution in [2.24, 2.45) is 0 Å². The Morgan fingerprint density at radius 3 is 2.89 bits per heavy atom. The van der Waals surface area contributed by atoms with Crippen LogP contribution in [0.2, 0.25) is 5.02 Å². The quantitative estimate of drug-likeness (QED) is 0.465. The molecule has 0 N–H and O–H groups in total. The lowest BCUT2D eigenvalue weighted by atomic mass is 10.0. The molecule has 1 aliphatic rings. The van der Waals surface area contributed by atoms with E-state index >= 15 is 0 Å². The number of nitrogens with zero attached hydrogens (tertiary/aromatic N) is 1. The fourth-order valence-corrected chi connectivity index (χ4v) is 4.13. The molecule has 0 radical (unpaired) electrons. The summed E-state index contributed by atoms with van der Waals surface area (Å²) in [6, 6.07) is 11.5. The SMILES string of the molecule is CCCCc1cc(=O)oc2c3c(c(Cl)cc12)OCN(c1cccc(Br)c1)C3. The lowest BCUT2D eigenvalue weighted by molar-refractivity contribution is 0.289. The number of unbranched alkanes of at least 4 members (excludes halogenated alkanes) is 1. The van der Waals surface area contributed by atoms with Crippen molar-refractivity contribution in [2.75, 3.05) is 11.6 Å². The lowest BCUT2D eigenvalue weighted by Gasteiger charge is -2.31.